The van der Waals surface area contributed by atoms with Gasteiger partial charge in [0.1, 0.15) is 5.82 Å². The molecular formula is C20H17ClF4N4. The summed E-state index contributed by atoms with van der Waals surface area (Å²) in [4.78, 5) is 7.64. The van der Waals surface area contributed by atoms with E-state index in [1.807, 2.05) is 0 Å². The van der Waals surface area contributed by atoms with E-state index in [0.717, 1.165) is 11.8 Å². The predicted octanol–water partition coefficient (Wildman–Crippen LogP) is 5.88. The average molecular weight is 425 g/mol. The second-order valence-corrected chi connectivity index (χ2v) is 6.79. The summed E-state index contributed by atoms with van der Waals surface area (Å²) >= 11 is 5.88. The second kappa shape index (κ2) is 8.75. The van der Waals surface area contributed by atoms with Gasteiger partial charge in [-0.2, -0.15) is 13.2 Å². The molecule has 0 bridgehead atoms. The van der Waals surface area contributed by atoms with Crippen molar-refractivity contribution in [2.24, 2.45) is 0 Å². The minimum atomic E-state index is -4.65. The normalized spacial score (nSPS) is 12.6. The van der Waals surface area contributed by atoms with Gasteiger partial charge < -0.3 is 10.6 Å². The monoisotopic (exact) mass is 424 g/mol. The molecule has 1 atom stereocenters. The van der Waals surface area contributed by atoms with E-state index in [0.29, 0.717) is 10.7 Å². The van der Waals surface area contributed by atoms with Crippen LogP contribution in [0.4, 0.5) is 29.2 Å². The number of anilines is 2. The van der Waals surface area contributed by atoms with Crippen molar-refractivity contribution >= 4 is 23.2 Å². The number of aromatic nitrogens is 2. The molecule has 0 spiro atoms. The fourth-order valence-corrected chi connectivity index (χ4v) is 2.86. The first kappa shape index (κ1) is 21.0. The Kier molecular flexibility index (Phi) is 6.34. The van der Waals surface area contributed by atoms with Gasteiger partial charge in [-0.25, -0.2) is 14.4 Å². The van der Waals surface area contributed by atoms with E-state index in [2.05, 4.69) is 20.6 Å². The second-order valence-electron chi connectivity index (χ2n) is 6.35. The highest BCUT2D eigenvalue weighted by atomic mass is 35.5. The van der Waals surface area contributed by atoms with Crippen LogP contribution in [0, 0.1) is 5.82 Å². The third-order valence-corrected chi connectivity index (χ3v) is 4.42. The fraction of sp³-hybridized carbons (Fsp3) is 0.200. The Labute approximate surface area is 170 Å². The van der Waals surface area contributed by atoms with Crippen LogP contribution in [0.25, 0.3) is 0 Å². The van der Waals surface area contributed by atoms with Crippen LogP contribution in [-0.4, -0.2) is 9.97 Å². The van der Waals surface area contributed by atoms with Crippen LogP contribution in [-0.2, 0) is 12.7 Å². The van der Waals surface area contributed by atoms with E-state index in [1.54, 1.807) is 43.3 Å². The van der Waals surface area contributed by atoms with Crippen LogP contribution >= 0.6 is 11.6 Å². The molecule has 0 aliphatic heterocycles. The number of benzene rings is 2. The van der Waals surface area contributed by atoms with Crippen molar-refractivity contribution in [3.63, 3.8) is 0 Å². The van der Waals surface area contributed by atoms with Gasteiger partial charge in [0.25, 0.3) is 0 Å². The molecule has 29 heavy (non-hydrogen) atoms. The van der Waals surface area contributed by atoms with Gasteiger partial charge in [0.05, 0.1) is 0 Å². The Hall–Kier alpha value is -2.71. The van der Waals surface area contributed by atoms with Crippen LogP contribution in [0.3, 0.4) is 0 Å². The lowest BCUT2D eigenvalue weighted by Crippen LogP contribution is -2.22. The zero-order chi connectivity index (χ0) is 21.0. The van der Waals surface area contributed by atoms with Gasteiger partial charge in [-0.3, -0.25) is 0 Å². The maximum Gasteiger partial charge on any atom is 0.433 e. The molecule has 9 heteroatoms. The highest BCUT2D eigenvalue weighted by molar-refractivity contribution is 6.30. The zero-order valence-electron chi connectivity index (χ0n) is 15.3. The van der Waals surface area contributed by atoms with Crippen LogP contribution in [0.5, 0.6) is 0 Å². The zero-order valence-corrected chi connectivity index (χ0v) is 16.0. The van der Waals surface area contributed by atoms with Crippen molar-refractivity contribution in [1.82, 2.24) is 15.3 Å². The van der Waals surface area contributed by atoms with E-state index in [1.165, 1.54) is 12.1 Å². The first-order valence-corrected chi connectivity index (χ1v) is 9.05. The summed E-state index contributed by atoms with van der Waals surface area (Å²) in [6.45, 7) is 1.67. The highest BCUT2D eigenvalue weighted by Gasteiger charge is 2.36. The number of nitrogens with zero attached hydrogens (tertiary/aromatic N) is 2. The van der Waals surface area contributed by atoms with Gasteiger partial charge in [0.2, 0.25) is 5.95 Å². The molecule has 3 rings (SSSR count). The Morgan fingerprint density at radius 1 is 1.10 bits per heavy atom. The molecule has 0 fully saturated rings. The summed E-state index contributed by atoms with van der Waals surface area (Å²) in [7, 11) is 0. The van der Waals surface area contributed by atoms with Crippen molar-refractivity contribution in [2.45, 2.75) is 25.7 Å². The lowest BCUT2D eigenvalue weighted by molar-refractivity contribution is -0.141. The Bertz CT molecular complexity index is 977. The van der Waals surface area contributed by atoms with E-state index >= 15 is 0 Å². The van der Waals surface area contributed by atoms with E-state index < -0.39 is 11.9 Å². The van der Waals surface area contributed by atoms with Crippen molar-refractivity contribution in [1.29, 1.82) is 0 Å². The Morgan fingerprint density at radius 2 is 1.83 bits per heavy atom. The number of nitrogens with one attached hydrogen (secondary N) is 2. The molecule has 4 nitrogen and oxygen atoms in total. The maximum atomic E-state index is 13.5. The van der Waals surface area contributed by atoms with Gasteiger partial charge in [0.15, 0.2) is 5.69 Å². The third-order valence-electron chi connectivity index (χ3n) is 4.18. The SMILES string of the molecule is CC(NCc1cnc(Nc2cccc(Cl)c2)nc1C(F)(F)F)c1ccc(F)cc1. The van der Waals surface area contributed by atoms with Crippen LogP contribution < -0.4 is 10.6 Å². The fourth-order valence-electron chi connectivity index (χ4n) is 2.67. The van der Waals surface area contributed by atoms with E-state index in [9.17, 15) is 17.6 Å². The Balaban J connectivity index is 1.78. The number of hydrogen-bond donors (Lipinski definition) is 2. The van der Waals surface area contributed by atoms with E-state index in [4.69, 9.17) is 11.6 Å². The average Bonchev–Trinajstić information content (AvgIpc) is 2.66. The number of rotatable bonds is 6. The van der Waals surface area contributed by atoms with Gasteiger partial charge >= 0.3 is 6.18 Å². The van der Waals surface area contributed by atoms with Crippen LogP contribution in [0.1, 0.15) is 29.8 Å². The first-order chi connectivity index (χ1) is 13.7. The van der Waals surface area contributed by atoms with Crippen molar-refractivity contribution in [3.8, 4) is 0 Å². The van der Waals surface area contributed by atoms with Crippen LogP contribution in [0.15, 0.2) is 54.7 Å². The molecular weight excluding hydrogens is 408 g/mol. The highest BCUT2D eigenvalue weighted by Crippen LogP contribution is 2.31. The molecule has 2 aromatic carbocycles. The molecule has 0 saturated heterocycles. The van der Waals surface area contributed by atoms with Gasteiger partial charge in [-0.15, -0.1) is 0 Å². The lowest BCUT2D eigenvalue weighted by Gasteiger charge is -2.17. The summed E-state index contributed by atoms with van der Waals surface area (Å²) in [6, 6.07) is 12.0. The number of halogens is 5. The van der Waals surface area contributed by atoms with Gasteiger partial charge in [-0.1, -0.05) is 29.8 Å². The molecule has 0 saturated carbocycles. The molecule has 152 valence electrons. The summed E-state index contributed by atoms with van der Waals surface area (Å²) in [5.74, 6) is -0.563. The largest absolute Gasteiger partial charge is 0.433 e. The van der Waals surface area contributed by atoms with Gasteiger partial charge in [-0.05, 0) is 42.8 Å². The molecule has 1 heterocycles. The molecule has 0 radical (unpaired) electrons. The predicted molar refractivity (Wildman–Crippen MR) is 103 cm³/mol. The minimum absolute atomic E-state index is 0.0943. The van der Waals surface area contributed by atoms with Crippen molar-refractivity contribution in [2.75, 3.05) is 5.32 Å². The number of alkyl halides is 3. The summed E-state index contributed by atoms with van der Waals surface area (Å²) < 4.78 is 53.6. The van der Waals surface area contributed by atoms with Crippen molar-refractivity contribution < 1.29 is 17.6 Å². The van der Waals surface area contributed by atoms with Crippen molar-refractivity contribution in [3.05, 3.63) is 82.4 Å². The van der Waals surface area contributed by atoms with Crippen LogP contribution in [0.2, 0.25) is 5.02 Å². The topological polar surface area (TPSA) is 49.8 Å². The molecule has 3 aromatic rings. The molecule has 1 aromatic heterocycles. The van der Waals surface area contributed by atoms with E-state index in [-0.39, 0.29) is 29.9 Å². The smallest absolute Gasteiger partial charge is 0.324 e. The molecule has 1 unspecified atom stereocenters. The number of hydrogen-bond acceptors (Lipinski definition) is 4. The summed E-state index contributed by atoms with van der Waals surface area (Å²) in [6.07, 6.45) is -3.52. The molecule has 0 amide bonds. The lowest BCUT2D eigenvalue weighted by atomic mass is 10.1. The molecule has 0 aliphatic carbocycles. The van der Waals surface area contributed by atoms with Gasteiger partial charge in [0, 0.05) is 35.1 Å². The maximum absolute atomic E-state index is 13.5. The summed E-state index contributed by atoms with van der Waals surface area (Å²) in [5, 5.41) is 6.13. The summed E-state index contributed by atoms with van der Waals surface area (Å²) in [5.41, 5.74) is 0.0977. The quantitative estimate of drug-likeness (QED) is 0.485. The minimum Gasteiger partial charge on any atom is -0.324 e. The molecule has 2 N–H and O–H groups in total. The molecule has 0 aliphatic rings. The third kappa shape index (κ3) is 5.65. The first-order valence-electron chi connectivity index (χ1n) is 8.67. The Morgan fingerprint density at radius 3 is 2.48 bits per heavy atom. The standard InChI is InChI=1S/C20H17ClF4N4/c1-12(13-5-7-16(22)8-6-13)26-10-14-11-27-19(29-18(14)20(23,24)25)28-17-4-2-3-15(21)9-17/h2-9,11-12,26H,10H2,1H3,(H,27,28,29).